The van der Waals surface area contributed by atoms with Gasteiger partial charge in [0.15, 0.2) is 0 Å². The first-order chi connectivity index (χ1) is 7.78. The van der Waals surface area contributed by atoms with E-state index in [4.69, 9.17) is 5.26 Å². The molecular weight excluding hydrogens is 220 g/mol. The van der Waals surface area contributed by atoms with Gasteiger partial charge in [0.25, 0.3) is 0 Å². The van der Waals surface area contributed by atoms with E-state index in [1.807, 2.05) is 12.1 Å². The SMILES string of the molecule is N#Cc1ccc(CNC2CCC(O)CC2)s1. The van der Waals surface area contributed by atoms with Gasteiger partial charge in [-0.2, -0.15) is 5.26 Å². The van der Waals surface area contributed by atoms with Gasteiger partial charge in [-0.1, -0.05) is 0 Å². The van der Waals surface area contributed by atoms with Gasteiger partial charge >= 0.3 is 0 Å². The van der Waals surface area contributed by atoms with Crippen molar-refractivity contribution in [1.82, 2.24) is 5.32 Å². The third-order valence-corrected chi connectivity index (χ3v) is 4.02. The molecule has 1 fully saturated rings. The normalized spacial score (nSPS) is 25.2. The Kier molecular flexibility index (Phi) is 3.94. The molecule has 0 atom stereocenters. The van der Waals surface area contributed by atoms with Gasteiger partial charge in [-0.25, -0.2) is 0 Å². The summed E-state index contributed by atoms with van der Waals surface area (Å²) < 4.78 is 0. The molecule has 1 aromatic heterocycles. The van der Waals surface area contributed by atoms with Crippen molar-refractivity contribution in [3.8, 4) is 6.07 Å². The monoisotopic (exact) mass is 236 g/mol. The third-order valence-electron chi connectivity index (χ3n) is 3.03. The minimum atomic E-state index is -0.0926. The molecule has 1 aliphatic carbocycles. The minimum Gasteiger partial charge on any atom is -0.393 e. The van der Waals surface area contributed by atoms with Crippen LogP contribution in [0, 0.1) is 11.3 Å². The fourth-order valence-electron chi connectivity index (χ4n) is 2.06. The van der Waals surface area contributed by atoms with Gasteiger partial charge in [0.2, 0.25) is 0 Å². The van der Waals surface area contributed by atoms with Gasteiger partial charge < -0.3 is 10.4 Å². The summed E-state index contributed by atoms with van der Waals surface area (Å²) in [5, 5.41) is 21.6. The van der Waals surface area contributed by atoms with E-state index >= 15 is 0 Å². The van der Waals surface area contributed by atoms with E-state index < -0.39 is 0 Å². The molecule has 2 rings (SSSR count). The van der Waals surface area contributed by atoms with Crippen LogP contribution >= 0.6 is 11.3 Å². The van der Waals surface area contributed by atoms with Crippen molar-refractivity contribution in [2.24, 2.45) is 0 Å². The molecular formula is C12H16N2OS. The van der Waals surface area contributed by atoms with Crippen molar-refractivity contribution in [3.63, 3.8) is 0 Å². The minimum absolute atomic E-state index is 0.0926. The average Bonchev–Trinajstić information content (AvgIpc) is 2.76. The molecule has 3 nitrogen and oxygen atoms in total. The number of hydrogen-bond acceptors (Lipinski definition) is 4. The van der Waals surface area contributed by atoms with Crippen LogP contribution in [0.3, 0.4) is 0 Å². The lowest BCUT2D eigenvalue weighted by Gasteiger charge is -2.26. The van der Waals surface area contributed by atoms with Crippen molar-refractivity contribution >= 4 is 11.3 Å². The Balaban J connectivity index is 1.77. The topological polar surface area (TPSA) is 56.0 Å². The Labute approximate surface area is 99.7 Å². The smallest absolute Gasteiger partial charge is 0.110 e. The molecule has 0 spiro atoms. The predicted octanol–water partition coefficient (Wildman–Crippen LogP) is 2.01. The zero-order valence-electron chi connectivity index (χ0n) is 9.15. The highest BCUT2D eigenvalue weighted by Gasteiger charge is 2.18. The van der Waals surface area contributed by atoms with Gasteiger partial charge in [-0.05, 0) is 37.8 Å². The molecule has 0 aromatic carbocycles. The zero-order valence-corrected chi connectivity index (χ0v) is 9.96. The molecule has 0 saturated heterocycles. The third kappa shape index (κ3) is 3.05. The lowest BCUT2D eigenvalue weighted by Crippen LogP contribution is -2.33. The van der Waals surface area contributed by atoms with E-state index in [0.29, 0.717) is 6.04 Å². The first kappa shape index (κ1) is 11.6. The van der Waals surface area contributed by atoms with E-state index in [9.17, 15) is 5.11 Å². The summed E-state index contributed by atoms with van der Waals surface area (Å²) >= 11 is 1.55. The molecule has 1 aromatic rings. The Morgan fingerprint density at radius 3 is 2.75 bits per heavy atom. The first-order valence-electron chi connectivity index (χ1n) is 5.68. The standard InChI is InChI=1S/C12H16N2OS/c13-7-11-5-6-12(16-11)8-14-9-1-3-10(15)4-2-9/h5-6,9-10,14-15H,1-4,8H2. The maximum Gasteiger partial charge on any atom is 0.110 e. The van der Waals surface area contributed by atoms with Crippen molar-refractivity contribution in [1.29, 1.82) is 5.26 Å². The fraction of sp³-hybridized carbons (Fsp3) is 0.583. The molecule has 0 amide bonds. The first-order valence-corrected chi connectivity index (χ1v) is 6.50. The van der Waals surface area contributed by atoms with Gasteiger partial charge in [0.1, 0.15) is 10.9 Å². The molecule has 1 heterocycles. The van der Waals surface area contributed by atoms with Gasteiger partial charge in [0, 0.05) is 17.5 Å². The zero-order chi connectivity index (χ0) is 11.4. The number of aliphatic hydroxyl groups is 1. The van der Waals surface area contributed by atoms with Crippen LogP contribution in [-0.2, 0) is 6.54 Å². The van der Waals surface area contributed by atoms with Crippen molar-refractivity contribution in [2.75, 3.05) is 0 Å². The summed E-state index contributed by atoms with van der Waals surface area (Å²) in [6, 6.07) is 6.55. The van der Waals surface area contributed by atoms with E-state index in [-0.39, 0.29) is 6.10 Å². The number of nitriles is 1. The number of nitrogens with one attached hydrogen (secondary N) is 1. The van der Waals surface area contributed by atoms with Crippen LogP contribution in [0.5, 0.6) is 0 Å². The quantitative estimate of drug-likeness (QED) is 0.844. The van der Waals surface area contributed by atoms with Crippen LogP contribution in [-0.4, -0.2) is 17.3 Å². The molecule has 2 N–H and O–H groups in total. The van der Waals surface area contributed by atoms with Crippen LogP contribution in [0.1, 0.15) is 35.4 Å². The van der Waals surface area contributed by atoms with Crippen LogP contribution in [0.25, 0.3) is 0 Å². The lowest BCUT2D eigenvalue weighted by molar-refractivity contribution is 0.116. The van der Waals surface area contributed by atoms with E-state index in [0.717, 1.165) is 37.1 Å². The molecule has 0 bridgehead atoms. The molecule has 0 radical (unpaired) electrons. The number of rotatable bonds is 3. The largest absolute Gasteiger partial charge is 0.393 e. The summed E-state index contributed by atoms with van der Waals surface area (Å²) in [5.74, 6) is 0. The van der Waals surface area contributed by atoms with Crippen molar-refractivity contribution in [2.45, 2.75) is 44.4 Å². The Morgan fingerprint density at radius 1 is 1.38 bits per heavy atom. The summed E-state index contributed by atoms with van der Waals surface area (Å²) in [6.07, 6.45) is 3.83. The van der Waals surface area contributed by atoms with Crippen molar-refractivity contribution in [3.05, 3.63) is 21.9 Å². The molecule has 4 heteroatoms. The summed E-state index contributed by atoms with van der Waals surface area (Å²) in [7, 11) is 0. The van der Waals surface area contributed by atoms with Gasteiger partial charge in [-0.3, -0.25) is 0 Å². The second-order valence-electron chi connectivity index (χ2n) is 4.26. The molecule has 1 saturated carbocycles. The molecule has 0 aliphatic heterocycles. The second-order valence-corrected chi connectivity index (χ2v) is 5.43. The van der Waals surface area contributed by atoms with E-state index in [1.54, 1.807) is 11.3 Å². The summed E-state index contributed by atoms with van der Waals surface area (Å²) in [5.41, 5.74) is 0. The number of nitrogens with zero attached hydrogens (tertiary/aromatic N) is 1. The Morgan fingerprint density at radius 2 is 2.12 bits per heavy atom. The summed E-state index contributed by atoms with van der Waals surface area (Å²) in [6.45, 7) is 0.840. The fourth-order valence-corrected chi connectivity index (χ4v) is 2.81. The highest BCUT2D eigenvalue weighted by molar-refractivity contribution is 7.12. The lowest BCUT2D eigenvalue weighted by atomic mass is 9.93. The average molecular weight is 236 g/mol. The summed E-state index contributed by atoms with van der Waals surface area (Å²) in [4.78, 5) is 1.98. The number of aliphatic hydroxyl groups excluding tert-OH is 1. The highest BCUT2D eigenvalue weighted by Crippen LogP contribution is 2.20. The second kappa shape index (κ2) is 5.44. The maximum absolute atomic E-state index is 9.39. The number of thiophene rings is 1. The molecule has 0 unspecified atom stereocenters. The maximum atomic E-state index is 9.39. The van der Waals surface area contributed by atoms with Gasteiger partial charge in [-0.15, -0.1) is 11.3 Å². The van der Waals surface area contributed by atoms with Crippen molar-refractivity contribution < 1.29 is 5.11 Å². The molecule has 1 aliphatic rings. The number of hydrogen-bond donors (Lipinski definition) is 2. The molecule has 16 heavy (non-hydrogen) atoms. The van der Waals surface area contributed by atoms with Crippen LogP contribution in [0.2, 0.25) is 0 Å². The molecule has 86 valence electrons. The highest BCUT2D eigenvalue weighted by atomic mass is 32.1. The Bertz CT molecular complexity index is 375. The van der Waals surface area contributed by atoms with E-state index in [1.165, 1.54) is 4.88 Å². The van der Waals surface area contributed by atoms with Crippen LogP contribution in [0.4, 0.5) is 0 Å². The van der Waals surface area contributed by atoms with Crippen LogP contribution < -0.4 is 5.32 Å². The Hall–Kier alpha value is -0.890. The predicted molar refractivity (Wildman–Crippen MR) is 64.1 cm³/mol. The van der Waals surface area contributed by atoms with Gasteiger partial charge in [0.05, 0.1) is 6.10 Å². The van der Waals surface area contributed by atoms with E-state index in [2.05, 4.69) is 11.4 Å². The van der Waals surface area contributed by atoms with Crippen LogP contribution in [0.15, 0.2) is 12.1 Å².